The number of nitrogens with one attached hydrogen (secondary N) is 2. The van der Waals surface area contributed by atoms with Crippen molar-refractivity contribution < 1.29 is 14.0 Å². The lowest BCUT2D eigenvalue weighted by Gasteiger charge is -2.07. The number of carbonyl (C=O) groups is 2. The highest BCUT2D eigenvalue weighted by Crippen LogP contribution is 2.13. The maximum atomic E-state index is 12.2. The lowest BCUT2D eigenvalue weighted by atomic mass is 10.1. The van der Waals surface area contributed by atoms with Crippen molar-refractivity contribution >= 4 is 40.1 Å². The predicted molar refractivity (Wildman–Crippen MR) is 103 cm³/mol. The summed E-state index contributed by atoms with van der Waals surface area (Å²) < 4.78 is 6.16. The monoisotopic (exact) mass is 446 g/mol. The minimum atomic E-state index is -0.202. The highest BCUT2D eigenvalue weighted by atomic mass is 127. The van der Waals surface area contributed by atoms with Gasteiger partial charge in [-0.3, -0.25) is 9.59 Å². The topological polar surface area (TPSA) is 71.3 Å². The molecule has 0 aliphatic carbocycles. The third kappa shape index (κ3) is 4.69. The molecule has 0 fully saturated rings. The fourth-order valence-corrected chi connectivity index (χ4v) is 2.76. The standard InChI is InChI=1S/C19H15IN2O3/c20-15-4-1-3-14(11-15)19(24)22-16-8-6-13(7-9-16)18(23)21-12-17-5-2-10-25-17/h1-11H,12H2,(H,21,23)(H,22,24). The van der Waals surface area contributed by atoms with E-state index in [1.807, 2.05) is 18.2 Å². The molecule has 0 spiro atoms. The van der Waals surface area contributed by atoms with Gasteiger partial charge >= 0.3 is 0 Å². The average molecular weight is 446 g/mol. The van der Waals surface area contributed by atoms with Crippen LogP contribution in [-0.4, -0.2) is 11.8 Å². The van der Waals surface area contributed by atoms with Crippen molar-refractivity contribution in [3.8, 4) is 0 Å². The molecular formula is C19H15IN2O3. The van der Waals surface area contributed by atoms with E-state index in [2.05, 4.69) is 33.2 Å². The maximum Gasteiger partial charge on any atom is 0.255 e. The smallest absolute Gasteiger partial charge is 0.255 e. The number of hydrogen-bond donors (Lipinski definition) is 2. The number of halogens is 1. The first kappa shape index (κ1) is 17.2. The SMILES string of the molecule is O=C(NCc1ccco1)c1ccc(NC(=O)c2cccc(I)c2)cc1. The van der Waals surface area contributed by atoms with E-state index in [0.29, 0.717) is 29.1 Å². The molecule has 0 atom stereocenters. The second kappa shape index (κ2) is 7.98. The zero-order valence-electron chi connectivity index (χ0n) is 13.2. The zero-order valence-corrected chi connectivity index (χ0v) is 15.3. The molecule has 3 rings (SSSR count). The Morgan fingerprint density at radius 3 is 2.40 bits per heavy atom. The van der Waals surface area contributed by atoms with Crippen molar-refractivity contribution in [3.05, 3.63) is 87.4 Å². The second-order valence-corrected chi connectivity index (χ2v) is 6.55. The molecule has 2 amide bonds. The van der Waals surface area contributed by atoms with Crippen molar-refractivity contribution in [1.29, 1.82) is 0 Å². The van der Waals surface area contributed by atoms with Gasteiger partial charge in [0, 0.05) is 20.4 Å². The summed E-state index contributed by atoms with van der Waals surface area (Å²) in [6.07, 6.45) is 1.56. The van der Waals surface area contributed by atoms with Gasteiger partial charge in [-0.05, 0) is 77.2 Å². The summed E-state index contributed by atoms with van der Waals surface area (Å²) in [5.74, 6) is 0.301. The number of anilines is 1. The molecule has 0 radical (unpaired) electrons. The van der Waals surface area contributed by atoms with Crippen LogP contribution in [0.1, 0.15) is 26.5 Å². The Morgan fingerprint density at radius 2 is 1.72 bits per heavy atom. The van der Waals surface area contributed by atoms with E-state index >= 15 is 0 Å². The van der Waals surface area contributed by atoms with Crippen LogP contribution in [0.25, 0.3) is 0 Å². The molecule has 3 aromatic rings. The normalized spacial score (nSPS) is 10.3. The summed E-state index contributed by atoms with van der Waals surface area (Å²) in [5, 5.41) is 5.59. The number of benzene rings is 2. The molecular weight excluding hydrogens is 431 g/mol. The number of furan rings is 1. The van der Waals surface area contributed by atoms with E-state index in [1.165, 1.54) is 0 Å². The van der Waals surface area contributed by atoms with Crippen LogP contribution in [0.5, 0.6) is 0 Å². The largest absolute Gasteiger partial charge is 0.467 e. The quantitative estimate of drug-likeness (QED) is 0.581. The van der Waals surface area contributed by atoms with E-state index in [-0.39, 0.29) is 11.8 Å². The summed E-state index contributed by atoms with van der Waals surface area (Å²) >= 11 is 2.16. The van der Waals surface area contributed by atoms with Gasteiger partial charge in [0.15, 0.2) is 0 Å². The Bertz CT molecular complexity index is 874. The van der Waals surface area contributed by atoms with Crippen LogP contribution >= 0.6 is 22.6 Å². The first-order chi connectivity index (χ1) is 12.1. The molecule has 1 heterocycles. The Hall–Kier alpha value is -2.61. The third-order valence-electron chi connectivity index (χ3n) is 3.50. The van der Waals surface area contributed by atoms with Gasteiger partial charge in [-0.15, -0.1) is 0 Å². The van der Waals surface area contributed by atoms with Crippen molar-refractivity contribution in [2.45, 2.75) is 6.54 Å². The van der Waals surface area contributed by atoms with Crippen molar-refractivity contribution in [2.75, 3.05) is 5.32 Å². The molecule has 0 saturated heterocycles. The van der Waals surface area contributed by atoms with Crippen molar-refractivity contribution in [3.63, 3.8) is 0 Å². The van der Waals surface area contributed by atoms with Gasteiger partial charge in [-0.1, -0.05) is 6.07 Å². The van der Waals surface area contributed by atoms with E-state index in [1.54, 1.807) is 48.7 Å². The minimum absolute atomic E-state index is 0.187. The van der Waals surface area contributed by atoms with Crippen LogP contribution in [-0.2, 0) is 6.54 Å². The lowest BCUT2D eigenvalue weighted by Crippen LogP contribution is -2.22. The van der Waals surface area contributed by atoms with Crippen LogP contribution in [0.15, 0.2) is 71.3 Å². The van der Waals surface area contributed by atoms with Gasteiger partial charge in [0.05, 0.1) is 12.8 Å². The fraction of sp³-hybridized carbons (Fsp3) is 0.0526. The van der Waals surface area contributed by atoms with Crippen molar-refractivity contribution in [2.24, 2.45) is 0 Å². The molecule has 2 aromatic carbocycles. The number of hydrogen-bond acceptors (Lipinski definition) is 3. The van der Waals surface area contributed by atoms with Gasteiger partial charge in [-0.25, -0.2) is 0 Å². The fourth-order valence-electron chi connectivity index (χ4n) is 2.22. The Morgan fingerprint density at radius 1 is 0.920 bits per heavy atom. The Kier molecular flexibility index (Phi) is 5.49. The molecule has 5 nitrogen and oxygen atoms in total. The lowest BCUT2D eigenvalue weighted by molar-refractivity contribution is 0.0947. The van der Waals surface area contributed by atoms with E-state index in [4.69, 9.17) is 4.42 Å². The van der Waals surface area contributed by atoms with Crippen LogP contribution in [0.4, 0.5) is 5.69 Å². The number of carbonyl (C=O) groups excluding carboxylic acids is 2. The molecule has 0 bridgehead atoms. The van der Waals surface area contributed by atoms with E-state index in [0.717, 1.165) is 3.57 Å². The third-order valence-corrected chi connectivity index (χ3v) is 4.17. The summed E-state index contributed by atoms with van der Waals surface area (Å²) in [4.78, 5) is 24.3. The summed E-state index contributed by atoms with van der Waals surface area (Å²) in [6, 6.07) is 17.6. The summed E-state index contributed by atoms with van der Waals surface area (Å²) in [6.45, 7) is 0.330. The zero-order chi connectivity index (χ0) is 17.6. The van der Waals surface area contributed by atoms with Gasteiger partial charge in [0.1, 0.15) is 5.76 Å². The Labute approximate surface area is 158 Å². The average Bonchev–Trinajstić information content (AvgIpc) is 3.14. The Balaban J connectivity index is 1.60. The molecule has 0 unspecified atom stereocenters. The molecule has 25 heavy (non-hydrogen) atoms. The minimum Gasteiger partial charge on any atom is -0.467 e. The molecule has 0 aliphatic heterocycles. The van der Waals surface area contributed by atoms with Gasteiger partial charge in [-0.2, -0.15) is 0 Å². The molecule has 1 aromatic heterocycles. The van der Waals surface area contributed by atoms with E-state index < -0.39 is 0 Å². The first-order valence-electron chi connectivity index (χ1n) is 7.59. The van der Waals surface area contributed by atoms with Crippen LogP contribution < -0.4 is 10.6 Å². The summed E-state index contributed by atoms with van der Waals surface area (Å²) in [7, 11) is 0. The molecule has 0 aliphatic rings. The van der Waals surface area contributed by atoms with Crippen molar-refractivity contribution in [1.82, 2.24) is 5.32 Å². The van der Waals surface area contributed by atoms with Gasteiger partial charge < -0.3 is 15.1 Å². The maximum absolute atomic E-state index is 12.2. The number of rotatable bonds is 5. The molecule has 6 heteroatoms. The number of amides is 2. The van der Waals surface area contributed by atoms with Crippen LogP contribution in [0.3, 0.4) is 0 Å². The van der Waals surface area contributed by atoms with Gasteiger partial charge in [0.2, 0.25) is 0 Å². The second-order valence-electron chi connectivity index (χ2n) is 5.30. The highest BCUT2D eigenvalue weighted by molar-refractivity contribution is 14.1. The predicted octanol–water partition coefficient (Wildman–Crippen LogP) is 4.07. The van der Waals surface area contributed by atoms with Crippen LogP contribution in [0.2, 0.25) is 0 Å². The molecule has 2 N–H and O–H groups in total. The summed E-state index contributed by atoms with van der Waals surface area (Å²) in [5.41, 5.74) is 1.73. The molecule has 0 saturated carbocycles. The van der Waals surface area contributed by atoms with Gasteiger partial charge in [0.25, 0.3) is 11.8 Å². The first-order valence-corrected chi connectivity index (χ1v) is 8.67. The van der Waals surface area contributed by atoms with E-state index in [9.17, 15) is 9.59 Å². The molecule has 126 valence electrons. The highest BCUT2D eigenvalue weighted by Gasteiger charge is 2.09. The van der Waals surface area contributed by atoms with Crippen LogP contribution in [0, 0.1) is 3.57 Å².